The molecule has 2 heterocycles. The molecule has 7 heteroatoms. The topological polar surface area (TPSA) is 108 Å². The van der Waals surface area contributed by atoms with Crippen LogP contribution in [0.5, 0.6) is 11.5 Å². The highest BCUT2D eigenvalue weighted by atomic mass is 16.5. The van der Waals surface area contributed by atoms with Crippen molar-refractivity contribution in [2.45, 2.75) is 0 Å². The van der Waals surface area contributed by atoms with E-state index in [4.69, 9.17) is 9.15 Å². The van der Waals surface area contributed by atoms with Gasteiger partial charge < -0.3 is 19.6 Å². The lowest BCUT2D eigenvalue weighted by Crippen LogP contribution is -2.14. The third-order valence-electron chi connectivity index (χ3n) is 4.69. The number of amides is 1. The number of carbonyl (C=O) groups is 1. The average Bonchev–Trinajstić information content (AvgIpc) is 3.34. The number of ether oxygens (including phenoxy) is 1. The summed E-state index contributed by atoms with van der Waals surface area (Å²) < 4.78 is 10.6. The van der Waals surface area contributed by atoms with E-state index < -0.39 is 5.91 Å². The van der Waals surface area contributed by atoms with Crippen LogP contribution in [0.2, 0.25) is 0 Å². The molecule has 0 aliphatic heterocycles. The van der Waals surface area contributed by atoms with Crippen LogP contribution in [0.3, 0.4) is 0 Å². The van der Waals surface area contributed by atoms with Crippen molar-refractivity contribution in [3.05, 3.63) is 84.3 Å². The Labute approximate surface area is 178 Å². The van der Waals surface area contributed by atoms with Crippen LogP contribution in [0.1, 0.15) is 16.1 Å². The van der Waals surface area contributed by atoms with Crippen molar-refractivity contribution in [2.75, 3.05) is 12.4 Å². The highest BCUT2D eigenvalue weighted by Gasteiger charge is 2.21. The number of pyridine rings is 1. The highest BCUT2D eigenvalue weighted by molar-refractivity contribution is 6.03. The monoisotopic (exact) mass is 411 g/mol. The molecule has 0 radical (unpaired) electrons. The number of nitrogens with one attached hydrogen (secondary N) is 1. The molecule has 1 amide bonds. The molecule has 31 heavy (non-hydrogen) atoms. The van der Waals surface area contributed by atoms with Crippen LogP contribution in [-0.4, -0.2) is 23.1 Å². The van der Waals surface area contributed by atoms with Crippen LogP contribution in [0, 0.1) is 11.3 Å². The van der Waals surface area contributed by atoms with Gasteiger partial charge in [0.15, 0.2) is 11.6 Å². The summed E-state index contributed by atoms with van der Waals surface area (Å²) in [5, 5.41) is 22.9. The number of phenols is 1. The van der Waals surface area contributed by atoms with E-state index in [1.54, 1.807) is 42.5 Å². The summed E-state index contributed by atoms with van der Waals surface area (Å²) >= 11 is 0. The van der Waals surface area contributed by atoms with Crippen LogP contribution in [0.4, 0.5) is 5.82 Å². The molecular weight excluding hydrogens is 394 g/mol. The highest BCUT2D eigenvalue weighted by Crippen LogP contribution is 2.38. The van der Waals surface area contributed by atoms with E-state index in [0.29, 0.717) is 28.1 Å². The van der Waals surface area contributed by atoms with Crippen molar-refractivity contribution in [2.24, 2.45) is 0 Å². The summed E-state index contributed by atoms with van der Waals surface area (Å²) in [4.78, 5) is 17.1. The SMILES string of the molecule is COc1ccccc1-c1cc(-c2ccccc2O)nc(NC(=O)c2ccco2)c1C#N. The number of furan rings is 1. The summed E-state index contributed by atoms with van der Waals surface area (Å²) in [6.45, 7) is 0. The maximum Gasteiger partial charge on any atom is 0.292 e. The zero-order chi connectivity index (χ0) is 21.8. The summed E-state index contributed by atoms with van der Waals surface area (Å²) in [6.07, 6.45) is 1.38. The van der Waals surface area contributed by atoms with E-state index in [0.717, 1.165) is 0 Å². The first-order chi connectivity index (χ1) is 15.1. The maximum atomic E-state index is 12.6. The second-order valence-corrected chi connectivity index (χ2v) is 6.54. The zero-order valence-electron chi connectivity index (χ0n) is 16.5. The number of rotatable bonds is 5. The molecule has 0 aliphatic rings. The lowest BCUT2D eigenvalue weighted by Gasteiger charge is -2.15. The number of nitriles is 1. The Balaban J connectivity index is 1.95. The molecule has 152 valence electrons. The number of nitrogens with zero attached hydrogens (tertiary/aromatic N) is 2. The second-order valence-electron chi connectivity index (χ2n) is 6.54. The first-order valence-electron chi connectivity index (χ1n) is 9.34. The van der Waals surface area contributed by atoms with Gasteiger partial charge in [0.2, 0.25) is 0 Å². The van der Waals surface area contributed by atoms with Crippen molar-refractivity contribution in [1.82, 2.24) is 4.98 Å². The lowest BCUT2D eigenvalue weighted by atomic mass is 9.97. The Bertz CT molecular complexity index is 1290. The van der Waals surface area contributed by atoms with Gasteiger partial charge in [-0.2, -0.15) is 5.26 Å². The van der Waals surface area contributed by atoms with Crippen molar-refractivity contribution in [3.63, 3.8) is 0 Å². The fraction of sp³-hybridized carbons (Fsp3) is 0.0417. The van der Waals surface area contributed by atoms with Crippen molar-refractivity contribution in [3.8, 4) is 40.0 Å². The van der Waals surface area contributed by atoms with Gasteiger partial charge in [-0.3, -0.25) is 4.79 Å². The van der Waals surface area contributed by atoms with Crippen LogP contribution in [-0.2, 0) is 0 Å². The third kappa shape index (κ3) is 3.82. The van der Waals surface area contributed by atoms with E-state index in [1.165, 1.54) is 19.4 Å². The van der Waals surface area contributed by atoms with Gasteiger partial charge in [0, 0.05) is 16.7 Å². The summed E-state index contributed by atoms with van der Waals surface area (Å²) in [7, 11) is 1.54. The molecule has 4 rings (SSSR count). The standard InChI is InChI=1S/C24H17N3O4/c1-30-21-10-5-3-7-15(21)17-13-19(16-8-2-4-9-20(16)28)26-23(18(17)14-25)27-24(29)22-11-6-12-31-22/h2-13,28H,1H3,(H,26,27,29). The molecule has 0 unspecified atom stereocenters. The summed E-state index contributed by atoms with van der Waals surface area (Å²) in [5.74, 6) is 0.156. The maximum absolute atomic E-state index is 12.6. The van der Waals surface area contributed by atoms with Crippen LogP contribution < -0.4 is 10.1 Å². The summed E-state index contributed by atoms with van der Waals surface area (Å²) in [6, 6.07) is 20.8. The number of aromatic hydroxyl groups is 1. The van der Waals surface area contributed by atoms with Crippen molar-refractivity contribution < 1.29 is 19.1 Å². The lowest BCUT2D eigenvalue weighted by molar-refractivity contribution is 0.0996. The molecule has 7 nitrogen and oxygen atoms in total. The van der Waals surface area contributed by atoms with E-state index in [-0.39, 0.29) is 22.9 Å². The van der Waals surface area contributed by atoms with Gasteiger partial charge in [-0.25, -0.2) is 4.98 Å². The van der Waals surface area contributed by atoms with E-state index >= 15 is 0 Å². The number of hydrogen-bond acceptors (Lipinski definition) is 6. The fourth-order valence-corrected chi connectivity index (χ4v) is 3.23. The third-order valence-corrected chi connectivity index (χ3v) is 4.69. The molecule has 0 bridgehead atoms. The molecule has 0 saturated carbocycles. The Morgan fingerprint density at radius 3 is 2.48 bits per heavy atom. The molecule has 2 N–H and O–H groups in total. The van der Waals surface area contributed by atoms with E-state index in [1.807, 2.05) is 18.2 Å². The van der Waals surface area contributed by atoms with Crippen molar-refractivity contribution >= 4 is 11.7 Å². The van der Waals surface area contributed by atoms with E-state index in [9.17, 15) is 15.2 Å². The van der Waals surface area contributed by atoms with Crippen LogP contribution in [0.15, 0.2) is 77.4 Å². The average molecular weight is 411 g/mol. The molecule has 0 spiro atoms. The number of para-hydroxylation sites is 2. The zero-order valence-corrected chi connectivity index (χ0v) is 16.5. The van der Waals surface area contributed by atoms with Gasteiger partial charge in [-0.15, -0.1) is 0 Å². The summed E-state index contributed by atoms with van der Waals surface area (Å²) in [5.41, 5.74) is 2.14. The molecule has 0 aliphatic carbocycles. The van der Waals surface area contributed by atoms with Gasteiger partial charge >= 0.3 is 0 Å². The minimum absolute atomic E-state index is 0.0222. The number of phenolic OH excluding ortho intramolecular Hbond substituents is 1. The molecule has 0 saturated heterocycles. The number of benzene rings is 2. The quantitative estimate of drug-likeness (QED) is 0.486. The molecule has 0 atom stereocenters. The molecule has 2 aromatic carbocycles. The van der Waals surface area contributed by atoms with Gasteiger partial charge in [-0.05, 0) is 36.4 Å². The Hall–Kier alpha value is -4.57. The minimum atomic E-state index is -0.547. The first-order valence-corrected chi connectivity index (χ1v) is 9.34. The van der Waals surface area contributed by atoms with Crippen LogP contribution in [0.25, 0.3) is 22.4 Å². The molecule has 0 fully saturated rings. The number of methoxy groups -OCH3 is 1. The second kappa shape index (κ2) is 8.43. The van der Waals surface area contributed by atoms with Crippen molar-refractivity contribution in [1.29, 1.82) is 5.26 Å². The number of carbonyl (C=O) groups excluding carboxylic acids is 1. The predicted octanol–water partition coefficient (Wildman–Crippen LogP) is 4.85. The largest absolute Gasteiger partial charge is 0.507 e. The van der Waals surface area contributed by atoms with Crippen LogP contribution >= 0.6 is 0 Å². The first kappa shape index (κ1) is 19.7. The van der Waals surface area contributed by atoms with Gasteiger partial charge in [0.05, 0.1) is 19.1 Å². The normalized spacial score (nSPS) is 10.3. The molecule has 4 aromatic rings. The smallest absolute Gasteiger partial charge is 0.292 e. The predicted molar refractivity (Wildman–Crippen MR) is 115 cm³/mol. The number of aromatic nitrogens is 1. The van der Waals surface area contributed by atoms with Gasteiger partial charge in [-0.1, -0.05) is 30.3 Å². The van der Waals surface area contributed by atoms with E-state index in [2.05, 4.69) is 16.4 Å². The number of hydrogen-bond donors (Lipinski definition) is 2. The fourth-order valence-electron chi connectivity index (χ4n) is 3.23. The Morgan fingerprint density at radius 2 is 1.81 bits per heavy atom. The molecular formula is C24H17N3O4. The molecule has 2 aromatic heterocycles. The van der Waals surface area contributed by atoms with Gasteiger partial charge in [0.25, 0.3) is 5.91 Å². The Morgan fingerprint density at radius 1 is 1.06 bits per heavy atom. The Kier molecular flexibility index (Phi) is 5.37. The minimum Gasteiger partial charge on any atom is -0.507 e. The van der Waals surface area contributed by atoms with Gasteiger partial charge in [0.1, 0.15) is 23.1 Å². The number of anilines is 1.